The van der Waals surface area contributed by atoms with E-state index in [0.717, 1.165) is 6.08 Å². The minimum atomic E-state index is -1.00. The van der Waals surface area contributed by atoms with Crippen molar-refractivity contribution in [3.05, 3.63) is 48.0 Å². The molecule has 0 radical (unpaired) electrons. The predicted molar refractivity (Wildman–Crippen MR) is 72.3 cm³/mol. The Morgan fingerprint density at radius 3 is 2.50 bits per heavy atom. The van der Waals surface area contributed by atoms with Gasteiger partial charge in [0.25, 0.3) is 0 Å². The van der Waals surface area contributed by atoms with Gasteiger partial charge in [-0.2, -0.15) is 0 Å². The quantitative estimate of drug-likeness (QED) is 0.666. The largest absolute Gasteiger partial charge is 0.480 e. The van der Waals surface area contributed by atoms with Crippen LogP contribution in [-0.2, 0) is 9.59 Å². The molecular weight excluding hydrogens is 258 g/mol. The summed E-state index contributed by atoms with van der Waals surface area (Å²) in [6.45, 7) is 0.416. The van der Waals surface area contributed by atoms with Gasteiger partial charge >= 0.3 is 5.97 Å². The predicted octanol–water partition coefficient (Wildman–Crippen LogP) is 1.50. The van der Waals surface area contributed by atoms with Crippen LogP contribution < -0.4 is 0 Å². The van der Waals surface area contributed by atoms with Crippen LogP contribution in [0.4, 0.5) is 0 Å². The Kier molecular flexibility index (Phi) is 4.30. The lowest BCUT2D eigenvalue weighted by molar-refractivity contribution is -0.146. The van der Waals surface area contributed by atoms with Crippen LogP contribution in [0.1, 0.15) is 23.2 Å². The lowest BCUT2D eigenvalue weighted by Gasteiger charge is -2.19. The van der Waals surface area contributed by atoms with Crippen LogP contribution in [0.5, 0.6) is 0 Å². The van der Waals surface area contributed by atoms with Crippen LogP contribution in [0.15, 0.2) is 42.5 Å². The number of carboxylic acid groups (broad SMARTS) is 1. The number of carbonyl (C=O) groups is 3. The molecule has 1 amide bonds. The van der Waals surface area contributed by atoms with Gasteiger partial charge in [0, 0.05) is 18.2 Å². The average molecular weight is 273 g/mol. The van der Waals surface area contributed by atoms with Crippen molar-refractivity contribution in [2.24, 2.45) is 0 Å². The topological polar surface area (TPSA) is 74.7 Å². The Labute approximate surface area is 116 Å². The van der Waals surface area contributed by atoms with Gasteiger partial charge in [0.05, 0.1) is 0 Å². The van der Waals surface area contributed by atoms with E-state index in [4.69, 9.17) is 5.11 Å². The van der Waals surface area contributed by atoms with Crippen LogP contribution in [0, 0.1) is 0 Å². The molecule has 1 aliphatic rings. The molecule has 0 aliphatic carbocycles. The maximum Gasteiger partial charge on any atom is 0.326 e. The summed E-state index contributed by atoms with van der Waals surface area (Å²) in [6, 6.07) is 7.82. The maximum atomic E-state index is 11.9. The first kappa shape index (κ1) is 14.0. The smallest absolute Gasteiger partial charge is 0.326 e. The first-order chi connectivity index (χ1) is 9.59. The van der Waals surface area contributed by atoms with E-state index in [1.807, 2.05) is 0 Å². The van der Waals surface area contributed by atoms with Gasteiger partial charge in [0.1, 0.15) is 6.04 Å². The molecule has 1 aliphatic heterocycles. The zero-order chi connectivity index (χ0) is 14.5. The zero-order valence-electron chi connectivity index (χ0n) is 10.9. The van der Waals surface area contributed by atoms with Crippen LogP contribution in [0.2, 0.25) is 0 Å². The third-order valence-electron chi connectivity index (χ3n) is 3.26. The normalized spacial score (nSPS) is 18.4. The standard InChI is InChI=1S/C15H15NO4/c17-13(11-5-2-1-3-6-11)8-9-14(18)16-10-4-7-12(16)15(19)20/h1-3,5-6,8-9,12H,4,7,10H2,(H,19,20)/t12-/m0/s1. The molecule has 2 rings (SSSR count). The minimum Gasteiger partial charge on any atom is -0.480 e. The number of ketones is 1. The van der Waals surface area contributed by atoms with Gasteiger partial charge < -0.3 is 10.0 Å². The Morgan fingerprint density at radius 1 is 1.15 bits per heavy atom. The molecule has 1 heterocycles. The summed E-state index contributed by atoms with van der Waals surface area (Å²) in [5.74, 6) is -1.71. The van der Waals surface area contributed by atoms with E-state index < -0.39 is 17.9 Å². The van der Waals surface area contributed by atoms with Crippen molar-refractivity contribution >= 4 is 17.7 Å². The van der Waals surface area contributed by atoms with E-state index in [-0.39, 0.29) is 5.78 Å². The lowest BCUT2D eigenvalue weighted by atomic mass is 10.1. The van der Waals surface area contributed by atoms with Gasteiger partial charge in [0.15, 0.2) is 5.78 Å². The number of aliphatic carboxylic acids is 1. The number of carboxylic acids is 1. The van der Waals surface area contributed by atoms with Crippen molar-refractivity contribution in [1.82, 2.24) is 4.90 Å². The zero-order valence-corrected chi connectivity index (χ0v) is 10.9. The molecule has 1 N–H and O–H groups in total. The van der Waals surface area contributed by atoms with Gasteiger partial charge in [0.2, 0.25) is 5.91 Å². The highest BCUT2D eigenvalue weighted by Crippen LogP contribution is 2.17. The number of nitrogens with zero attached hydrogens (tertiary/aromatic N) is 1. The second kappa shape index (κ2) is 6.14. The maximum absolute atomic E-state index is 11.9. The molecule has 104 valence electrons. The van der Waals surface area contributed by atoms with Crippen LogP contribution in [0.25, 0.3) is 0 Å². The van der Waals surface area contributed by atoms with Crippen LogP contribution in [-0.4, -0.2) is 40.3 Å². The Bertz CT molecular complexity index is 550. The van der Waals surface area contributed by atoms with Crippen LogP contribution >= 0.6 is 0 Å². The average Bonchev–Trinajstić information content (AvgIpc) is 2.95. The second-order valence-corrected chi connectivity index (χ2v) is 4.59. The van der Waals surface area contributed by atoms with E-state index in [1.165, 1.54) is 11.0 Å². The van der Waals surface area contributed by atoms with Crippen LogP contribution in [0.3, 0.4) is 0 Å². The van der Waals surface area contributed by atoms with Crippen molar-refractivity contribution in [2.75, 3.05) is 6.54 Å². The monoisotopic (exact) mass is 273 g/mol. The van der Waals surface area contributed by atoms with E-state index in [1.54, 1.807) is 30.3 Å². The number of carbonyl (C=O) groups excluding carboxylic acids is 2. The Balaban J connectivity index is 2.02. The molecule has 0 aromatic heterocycles. The summed E-state index contributed by atoms with van der Waals surface area (Å²) < 4.78 is 0. The highest BCUT2D eigenvalue weighted by molar-refractivity contribution is 6.07. The fourth-order valence-electron chi connectivity index (χ4n) is 2.23. The third-order valence-corrected chi connectivity index (χ3v) is 3.26. The number of likely N-dealkylation sites (tertiary alicyclic amines) is 1. The summed E-state index contributed by atoms with van der Waals surface area (Å²) >= 11 is 0. The van der Waals surface area contributed by atoms with E-state index in [0.29, 0.717) is 24.9 Å². The van der Waals surface area contributed by atoms with Crippen molar-refractivity contribution < 1.29 is 19.5 Å². The fourth-order valence-corrected chi connectivity index (χ4v) is 2.23. The molecule has 1 fully saturated rings. The number of benzene rings is 1. The molecule has 0 bridgehead atoms. The van der Waals surface area contributed by atoms with Gasteiger partial charge in [-0.05, 0) is 18.9 Å². The summed E-state index contributed by atoms with van der Waals surface area (Å²) in [5.41, 5.74) is 0.493. The molecule has 1 saturated heterocycles. The molecule has 5 heteroatoms. The molecule has 0 saturated carbocycles. The van der Waals surface area contributed by atoms with Gasteiger partial charge in [-0.25, -0.2) is 4.79 Å². The third kappa shape index (κ3) is 3.12. The number of hydrogen-bond donors (Lipinski definition) is 1. The second-order valence-electron chi connectivity index (χ2n) is 4.59. The summed E-state index contributed by atoms with van der Waals surface area (Å²) in [4.78, 5) is 36.0. The van der Waals surface area contributed by atoms with Crippen molar-refractivity contribution in [1.29, 1.82) is 0 Å². The Hall–Kier alpha value is -2.43. The van der Waals surface area contributed by atoms with Gasteiger partial charge in [-0.3, -0.25) is 9.59 Å². The summed E-state index contributed by atoms with van der Waals surface area (Å²) in [5, 5.41) is 9.00. The van der Waals surface area contributed by atoms with Gasteiger partial charge in [-0.15, -0.1) is 0 Å². The van der Waals surface area contributed by atoms with Crippen molar-refractivity contribution in [3.63, 3.8) is 0 Å². The molecule has 1 aromatic carbocycles. The number of amides is 1. The number of rotatable bonds is 4. The lowest BCUT2D eigenvalue weighted by Crippen LogP contribution is -2.39. The van der Waals surface area contributed by atoms with Crippen molar-refractivity contribution in [2.45, 2.75) is 18.9 Å². The minimum absolute atomic E-state index is 0.273. The molecule has 0 spiro atoms. The Morgan fingerprint density at radius 2 is 1.85 bits per heavy atom. The van der Waals surface area contributed by atoms with E-state index in [2.05, 4.69) is 0 Å². The molecule has 0 unspecified atom stereocenters. The molecular formula is C15H15NO4. The summed E-state index contributed by atoms with van der Waals surface area (Å²) in [7, 11) is 0. The molecule has 1 atom stereocenters. The number of hydrogen-bond acceptors (Lipinski definition) is 3. The van der Waals surface area contributed by atoms with Crippen molar-refractivity contribution in [3.8, 4) is 0 Å². The van der Waals surface area contributed by atoms with E-state index >= 15 is 0 Å². The summed E-state index contributed by atoms with van der Waals surface area (Å²) in [6.07, 6.45) is 3.47. The first-order valence-electron chi connectivity index (χ1n) is 6.40. The highest BCUT2D eigenvalue weighted by Gasteiger charge is 2.32. The first-order valence-corrected chi connectivity index (χ1v) is 6.40. The molecule has 1 aromatic rings. The van der Waals surface area contributed by atoms with Gasteiger partial charge in [-0.1, -0.05) is 30.3 Å². The highest BCUT2D eigenvalue weighted by atomic mass is 16.4. The fraction of sp³-hybridized carbons (Fsp3) is 0.267. The van der Waals surface area contributed by atoms with E-state index in [9.17, 15) is 14.4 Å². The molecule has 20 heavy (non-hydrogen) atoms. The molecule has 5 nitrogen and oxygen atoms in total. The number of allylic oxidation sites excluding steroid dienone is 1. The SMILES string of the molecule is O=C(C=CC(=O)N1CCC[C@H]1C(=O)O)c1ccccc1.